The number of carboxylic acid groups (broad SMARTS) is 1. The van der Waals surface area contributed by atoms with Crippen molar-refractivity contribution in [3.63, 3.8) is 0 Å². The van der Waals surface area contributed by atoms with Crippen LogP contribution in [-0.2, 0) is 9.53 Å². The molecular weight excluding hydrogens is 438 g/mol. The summed E-state index contributed by atoms with van der Waals surface area (Å²) in [7, 11) is 0. The minimum Gasteiger partial charge on any atom is -0.504 e. The van der Waals surface area contributed by atoms with Crippen molar-refractivity contribution in [3.05, 3.63) is 53.6 Å². The number of nitrogens with zero attached hydrogens (tertiary/aromatic N) is 1. The number of hydrogen-bond donors (Lipinski definition) is 2. The minimum atomic E-state index is -1.07. The van der Waals surface area contributed by atoms with Gasteiger partial charge in [-0.05, 0) is 51.0 Å². The molecule has 0 bridgehead atoms. The van der Waals surface area contributed by atoms with E-state index < -0.39 is 18.2 Å². The van der Waals surface area contributed by atoms with E-state index in [9.17, 15) is 14.7 Å². The van der Waals surface area contributed by atoms with E-state index in [0.29, 0.717) is 30.2 Å². The first-order valence-electron chi connectivity index (χ1n) is 11.6. The number of phenolic OH excluding ortho intramolecular Hbond substituents is 1. The van der Waals surface area contributed by atoms with Crippen LogP contribution in [0.1, 0.15) is 48.7 Å². The summed E-state index contributed by atoms with van der Waals surface area (Å²) in [6, 6.07) is 12.1. The first-order valence-corrected chi connectivity index (χ1v) is 11.6. The van der Waals surface area contributed by atoms with Gasteiger partial charge in [0.05, 0.1) is 12.2 Å². The van der Waals surface area contributed by atoms with Gasteiger partial charge in [0, 0.05) is 36.1 Å². The van der Waals surface area contributed by atoms with E-state index in [0.717, 1.165) is 18.4 Å². The quantitative estimate of drug-likeness (QED) is 0.707. The molecule has 0 radical (unpaired) electrons. The van der Waals surface area contributed by atoms with Crippen molar-refractivity contribution in [2.24, 2.45) is 11.8 Å². The Morgan fingerprint density at radius 3 is 2.79 bits per heavy atom. The Morgan fingerprint density at radius 2 is 2.00 bits per heavy atom. The molecule has 2 aromatic carbocycles. The number of carbonyl (C=O) groups excluding carboxylic acids is 1. The van der Waals surface area contributed by atoms with Crippen LogP contribution < -0.4 is 9.47 Å². The van der Waals surface area contributed by atoms with Gasteiger partial charge in [0.1, 0.15) is 11.4 Å². The Labute approximate surface area is 198 Å². The van der Waals surface area contributed by atoms with Gasteiger partial charge in [0.2, 0.25) is 0 Å². The molecule has 4 atom stereocenters. The van der Waals surface area contributed by atoms with Crippen LogP contribution >= 0.6 is 0 Å². The lowest BCUT2D eigenvalue weighted by Crippen LogP contribution is -2.56. The van der Waals surface area contributed by atoms with Gasteiger partial charge in [-0.1, -0.05) is 18.2 Å². The molecule has 0 saturated carbocycles. The van der Waals surface area contributed by atoms with Crippen LogP contribution in [0.2, 0.25) is 0 Å². The molecule has 5 rings (SSSR count). The summed E-state index contributed by atoms with van der Waals surface area (Å²) in [5, 5.41) is 19.2. The monoisotopic (exact) mass is 467 g/mol. The van der Waals surface area contributed by atoms with E-state index in [1.807, 2.05) is 30.9 Å². The second-order valence-corrected chi connectivity index (χ2v) is 9.85. The summed E-state index contributed by atoms with van der Waals surface area (Å²) in [5.41, 5.74) is 0.838. The normalized spacial score (nSPS) is 26.9. The van der Waals surface area contributed by atoms with Crippen LogP contribution in [0.15, 0.2) is 42.5 Å². The van der Waals surface area contributed by atoms with E-state index in [1.54, 1.807) is 30.3 Å². The molecule has 0 aromatic heterocycles. The number of benzene rings is 2. The molecular formula is C26H29NO7. The molecule has 2 aromatic rings. The fraction of sp³-hybridized carbons (Fsp3) is 0.462. The summed E-state index contributed by atoms with van der Waals surface area (Å²) in [6.07, 6.45) is 1.45. The van der Waals surface area contributed by atoms with Gasteiger partial charge in [-0.25, -0.2) is 4.79 Å². The van der Waals surface area contributed by atoms with Crippen LogP contribution in [0.3, 0.4) is 0 Å². The van der Waals surface area contributed by atoms with Crippen molar-refractivity contribution in [2.45, 2.75) is 44.5 Å². The highest BCUT2D eigenvalue weighted by molar-refractivity contribution is 5.94. The third-order valence-electron chi connectivity index (χ3n) is 7.23. The maximum atomic E-state index is 13.2. The van der Waals surface area contributed by atoms with Gasteiger partial charge >= 0.3 is 5.97 Å². The van der Waals surface area contributed by atoms with Crippen molar-refractivity contribution < 1.29 is 34.0 Å². The molecule has 0 unspecified atom stereocenters. The number of rotatable bonds is 4. The fourth-order valence-electron chi connectivity index (χ4n) is 5.53. The number of piperidine rings is 1. The minimum absolute atomic E-state index is 0.0274. The summed E-state index contributed by atoms with van der Waals surface area (Å²) in [4.78, 5) is 25.9. The van der Waals surface area contributed by atoms with Crippen LogP contribution in [0.4, 0.5) is 0 Å². The highest BCUT2D eigenvalue weighted by Gasteiger charge is 2.52. The SMILES string of the molecule is CC1(C)Oc2c(O)cccc2[C@@H]2O[C@@H]3CCN(C(=O)c4cccc(OCC(=O)O)c4)C[C@@H]3C[C@H]21. The lowest BCUT2D eigenvalue weighted by Gasteiger charge is -2.53. The first kappa shape index (κ1) is 22.5. The molecule has 2 N–H and O–H groups in total. The largest absolute Gasteiger partial charge is 0.504 e. The molecule has 8 heteroatoms. The molecule has 34 heavy (non-hydrogen) atoms. The van der Waals surface area contributed by atoms with Crippen molar-refractivity contribution in [3.8, 4) is 17.2 Å². The van der Waals surface area contributed by atoms with Crippen LogP contribution in [-0.4, -0.2) is 58.4 Å². The molecule has 8 nitrogen and oxygen atoms in total. The molecule has 2 saturated heterocycles. The van der Waals surface area contributed by atoms with E-state index >= 15 is 0 Å². The van der Waals surface area contributed by atoms with E-state index in [-0.39, 0.29) is 35.7 Å². The number of para-hydroxylation sites is 1. The smallest absolute Gasteiger partial charge is 0.341 e. The number of likely N-dealkylation sites (tertiary alicyclic amines) is 1. The average molecular weight is 468 g/mol. The fourth-order valence-corrected chi connectivity index (χ4v) is 5.53. The maximum absolute atomic E-state index is 13.2. The number of hydrogen-bond acceptors (Lipinski definition) is 6. The van der Waals surface area contributed by atoms with Gasteiger partial charge in [-0.3, -0.25) is 4.79 Å². The van der Waals surface area contributed by atoms with Crippen molar-refractivity contribution in [1.82, 2.24) is 4.90 Å². The summed E-state index contributed by atoms with van der Waals surface area (Å²) >= 11 is 0. The number of aliphatic carboxylic acids is 1. The average Bonchev–Trinajstić information content (AvgIpc) is 2.82. The topological polar surface area (TPSA) is 106 Å². The number of amides is 1. The Morgan fingerprint density at radius 1 is 1.21 bits per heavy atom. The number of ether oxygens (including phenoxy) is 3. The Kier molecular flexibility index (Phi) is 5.64. The van der Waals surface area contributed by atoms with Crippen molar-refractivity contribution in [1.29, 1.82) is 0 Å². The predicted octanol–water partition coefficient (Wildman–Crippen LogP) is 3.64. The second kappa shape index (κ2) is 8.51. The first-order chi connectivity index (χ1) is 16.2. The zero-order valence-electron chi connectivity index (χ0n) is 19.3. The Bertz CT molecular complexity index is 1110. The van der Waals surface area contributed by atoms with Gasteiger partial charge in [0.25, 0.3) is 5.91 Å². The van der Waals surface area contributed by atoms with Crippen LogP contribution in [0.5, 0.6) is 17.2 Å². The third kappa shape index (κ3) is 4.07. The van der Waals surface area contributed by atoms with Crippen molar-refractivity contribution in [2.75, 3.05) is 19.7 Å². The summed E-state index contributed by atoms with van der Waals surface area (Å²) in [5.74, 6) is 0.0835. The zero-order valence-corrected chi connectivity index (χ0v) is 19.3. The lowest BCUT2D eigenvalue weighted by molar-refractivity contribution is -0.184. The van der Waals surface area contributed by atoms with E-state index in [2.05, 4.69) is 0 Å². The second-order valence-electron chi connectivity index (χ2n) is 9.85. The number of aromatic hydroxyl groups is 1. The van der Waals surface area contributed by atoms with Gasteiger partial charge < -0.3 is 29.3 Å². The lowest BCUT2D eigenvalue weighted by atomic mass is 9.70. The Hall–Kier alpha value is -3.26. The van der Waals surface area contributed by atoms with E-state index in [4.69, 9.17) is 19.3 Å². The Balaban J connectivity index is 1.32. The van der Waals surface area contributed by atoms with Crippen LogP contribution in [0.25, 0.3) is 0 Å². The third-order valence-corrected chi connectivity index (χ3v) is 7.23. The van der Waals surface area contributed by atoms with E-state index in [1.165, 1.54) is 0 Å². The number of carbonyl (C=O) groups is 2. The highest BCUT2D eigenvalue weighted by Crippen LogP contribution is 2.54. The number of fused-ring (bicyclic) bond motifs is 4. The highest BCUT2D eigenvalue weighted by atomic mass is 16.5. The van der Waals surface area contributed by atoms with Gasteiger partial charge in [-0.2, -0.15) is 0 Å². The number of phenols is 1. The molecule has 0 spiro atoms. The molecule has 3 aliphatic rings. The summed E-state index contributed by atoms with van der Waals surface area (Å²) < 4.78 is 18.1. The van der Waals surface area contributed by atoms with Crippen molar-refractivity contribution >= 4 is 11.9 Å². The number of carboxylic acids is 1. The predicted molar refractivity (Wildman–Crippen MR) is 122 cm³/mol. The molecule has 1 amide bonds. The zero-order chi connectivity index (χ0) is 24.0. The molecule has 180 valence electrons. The standard InChI is InChI=1S/C26H29NO7/c1-26(2)19-12-16-13-27(25(31)15-5-3-6-17(11-15)32-14-22(29)30)10-9-21(16)33-23(19)18-7-4-8-20(28)24(18)34-26/h3-8,11,16,19,21,23,28H,9-10,12-14H2,1-2H3,(H,29,30)/t16-,19+,21+,23-/m0/s1. The molecule has 0 aliphatic carbocycles. The van der Waals surface area contributed by atoms with Gasteiger partial charge in [0.15, 0.2) is 18.1 Å². The maximum Gasteiger partial charge on any atom is 0.341 e. The molecule has 2 fully saturated rings. The van der Waals surface area contributed by atoms with Gasteiger partial charge in [-0.15, -0.1) is 0 Å². The molecule has 3 heterocycles. The van der Waals surface area contributed by atoms with Crippen LogP contribution in [0, 0.1) is 11.8 Å². The summed E-state index contributed by atoms with van der Waals surface area (Å²) in [6.45, 7) is 4.75. The molecule has 3 aliphatic heterocycles.